The average molecular weight is 206 g/mol. The van der Waals surface area contributed by atoms with Gasteiger partial charge in [0.2, 0.25) is 0 Å². The van der Waals surface area contributed by atoms with E-state index in [2.05, 4.69) is 19.6 Å². The lowest BCUT2D eigenvalue weighted by molar-refractivity contribution is -0.147. The molecule has 0 radical (unpaired) electrons. The molecule has 0 heterocycles. The summed E-state index contributed by atoms with van der Waals surface area (Å²) in [6.45, 7) is 7.23. The smallest absolute Gasteiger partial charge is 0.329 e. The van der Waals surface area contributed by atoms with Gasteiger partial charge in [-0.05, 0) is 6.04 Å². The van der Waals surface area contributed by atoms with Gasteiger partial charge in [-0.1, -0.05) is 19.6 Å². The largest absolute Gasteiger partial charge is 0.480 e. The molecule has 0 aromatic carbocycles. The molecule has 0 fully saturated rings. The molecule has 0 aromatic heterocycles. The minimum Gasteiger partial charge on any atom is -0.480 e. The van der Waals surface area contributed by atoms with Gasteiger partial charge in [0.15, 0.2) is 0 Å². The standard InChI is InChI=1S/C8H18O4Si/c1-13(2,3)5-4-11-7-12-6-8(9)10/h4-7H2,1-3H3,(H,9,10). The zero-order chi connectivity index (χ0) is 10.3. The lowest BCUT2D eigenvalue weighted by Crippen LogP contribution is -2.22. The Labute approximate surface area is 79.9 Å². The molecule has 0 spiro atoms. The van der Waals surface area contributed by atoms with Gasteiger partial charge in [-0.2, -0.15) is 0 Å². The monoisotopic (exact) mass is 206 g/mol. The Kier molecular flexibility index (Phi) is 5.94. The lowest BCUT2D eigenvalue weighted by Gasteiger charge is -2.14. The fourth-order valence-electron chi connectivity index (χ4n) is 0.625. The van der Waals surface area contributed by atoms with E-state index in [9.17, 15) is 4.79 Å². The quantitative estimate of drug-likeness (QED) is 0.388. The van der Waals surface area contributed by atoms with Crippen molar-refractivity contribution in [2.24, 2.45) is 0 Å². The lowest BCUT2D eigenvalue weighted by atomic mass is 10.7. The van der Waals surface area contributed by atoms with E-state index in [1.165, 1.54) is 0 Å². The number of carboxylic acids is 1. The van der Waals surface area contributed by atoms with Crippen LogP contribution in [-0.4, -0.2) is 39.2 Å². The first-order chi connectivity index (χ1) is 5.92. The normalized spacial score (nSPS) is 11.6. The van der Waals surface area contributed by atoms with Crippen molar-refractivity contribution in [2.75, 3.05) is 20.0 Å². The predicted molar refractivity (Wildman–Crippen MR) is 52.6 cm³/mol. The molecule has 0 rings (SSSR count). The number of aliphatic carboxylic acids is 1. The topological polar surface area (TPSA) is 55.8 Å². The molecule has 4 nitrogen and oxygen atoms in total. The molecule has 0 bridgehead atoms. The van der Waals surface area contributed by atoms with Crippen LogP contribution in [0.3, 0.4) is 0 Å². The zero-order valence-electron chi connectivity index (χ0n) is 8.50. The second-order valence-electron chi connectivity index (χ2n) is 4.08. The first-order valence-electron chi connectivity index (χ1n) is 4.29. The zero-order valence-corrected chi connectivity index (χ0v) is 9.50. The molecule has 1 N–H and O–H groups in total. The number of rotatable bonds is 7. The van der Waals surface area contributed by atoms with Crippen LogP contribution in [0.25, 0.3) is 0 Å². The van der Waals surface area contributed by atoms with E-state index in [0.717, 1.165) is 6.04 Å². The second kappa shape index (κ2) is 6.12. The molecule has 13 heavy (non-hydrogen) atoms. The molecule has 0 aromatic rings. The van der Waals surface area contributed by atoms with Crippen molar-refractivity contribution in [2.45, 2.75) is 25.7 Å². The summed E-state index contributed by atoms with van der Waals surface area (Å²) in [4.78, 5) is 10.0. The number of carboxylic acid groups (broad SMARTS) is 1. The van der Waals surface area contributed by atoms with Crippen LogP contribution in [0.15, 0.2) is 0 Å². The van der Waals surface area contributed by atoms with Gasteiger partial charge in [-0.25, -0.2) is 4.79 Å². The molecule has 0 unspecified atom stereocenters. The van der Waals surface area contributed by atoms with E-state index in [4.69, 9.17) is 14.6 Å². The summed E-state index contributed by atoms with van der Waals surface area (Å²) in [6, 6.07) is 1.07. The highest BCUT2D eigenvalue weighted by Gasteiger charge is 2.11. The van der Waals surface area contributed by atoms with Gasteiger partial charge in [0, 0.05) is 14.7 Å². The van der Waals surface area contributed by atoms with E-state index in [0.29, 0.717) is 6.61 Å². The van der Waals surface area contributed by atoms with Crippen LogP contribution >= 0.6 is 0 Å². The van der Waals surface area contributed by atoms with Crippen LogP contribution in [0.2, 0.25) is 25.7 Å². The maximum absolute atomic E-state index is 10.0. The number of ether oxygens (including phenoxy) is 2. The number of hydrogen-bond donors (Lipinski definition) is 1. The third-order valence-electron chi connectivity index (χ3n) is 1.39. The Morgan fingerprint density at radius 1 is 1.31 bits per heavy atom. The molecular weight excluding hydrogens is 188 g/mol. The maximum Gasteiger partial charge on any atom is 0.329 e. The van der Waals surface area contributed by atoms with Crippen molar-refractivity contribution in [1.29, 1.82) is 0 Å². The van der Waals surface area contributed by atoms with Gasteiger partial charge < -0.3 is 14.6 Å². The fourth-order valence-corrected chi connectivity index (χ4v) is 1.38. The molecule has 0 atom stereocenters. The minimum atomic E-state index is -1.04. The molecule has 0 aliphatic rings. The van der Waals surface area contributed by atoms with E-state index in [1.807, 2.05) is 0 Å². The van der Waals surface area contributed by atoms with Gasteiger partial charge in [0.25, 0.3) is 0 Å². The molecular formula is C8H18O4Si. The summed E-state index contributed by atoms with van der Waals surface area (Å²) in [5.41, 5.74) is 0. The summed E-state index contributed by atoms with van der Waals surface area (Å²) in [6.07, 6.45) is 0. The molecule has 5 heteroatoms. The van der Waals surface area contributed by atoms with Crippen LogP contribution in [0.5, 0.6) is 0 Å². The first-order valence-corrected chi connectivity index (χ1v) is 8.00. The number of carbonyl (C=O) groups is 1. The Hall–Kier alpha value is -0.393. The maximum atomic E-state index is 10.0. The van der Waals surface area contributed by atoms with Crippen LogP contribution in [-0.2, 0) is 14.3 Å². The Balaban J connectivity index is 3.13. The van der Waals surface area contributed by atoms with Crippen LogP contribution in [0.1, 0.15) is 0 Å². The van der Waals surface area contributed by atoms with Gasteiger partial charge in [0.1, 0.15) is 13.4 Å². The molecule has 0 aliphatic carbocycles. The van der Waals surface area contributed by atoms with Crippen molar-refractivity contribution in [1.82, 2.24) is 0 Å². The first kappa shape index (κ1) is 12.6. The minimum absolute atomic E-state index is 0.0801. The SMILES string of the molecule is C[Si](C)(C)CCOCOCC(=O)O. The summed E-state index contributed by atoms with van der Waals surface area (Å²) in [5.74, 6) is -0.964. The summed E-state index contributed by atoms with van der Waals surface area (Å²) in [5, 5.41) is 8.23. The highest BCUT2D eigenvalue weighted by Crippen LogP contribution is 2.07. The number of hydrogen-bond acceptors (Lipinski definition) is 3. The predicted octanol–water partition coefficient (Wildman–Crippen LogP) is 1.40. The Morgan fingerprint density at radius 2 is 1.92 bits per heavy atom. The molecule has 0 saturated carbocycles. The average Bonchev–Trinajstić information content (AvgIpc) is 1.93. The van der Waals surface area contributed by atoms with Gasteiger partial charge >= 0.3 is 5.97 Å². The van der Waals surface area contributed by atoms with Crippen LogP contribution < -0.4 is 0 Å². The molecule has 0 amide bonds. The summed E-state index contributed by atoms with van der Waals surface area (Å²) < 4.78 is 9.81. The van der Waals surface area contributed by atoms with E-state index in [-0.39, 0.29) is 13.4 Å². The van der Waals surface area contributed by atoms with E-state index in [1.54, 1.807) is 0 Å². The van der Waals surface area contributed by atoms with E-state index >= 15 is 0 Å². The third kappa shape index (κ3) is 11.6. The molecule has 78 valence electrons. The highest BCUT2D eigenvalue weighted by atomic mass is 28.3. The van der Waals surface area contributed by atoms with Crippen LogP contribution in [0, 0.1) is 0 Å². The van der Waals surface area contributed by atoms with Crippen molar-refractivity contribution in [3.8, 4) is 0 Å². The van der Waals surface area contributed by atoms with Gasteiger partial charge in [0.05, 0.1) is 0 Å². The van der Waals surface area contributed by atoms with Gasteiger partial charge in [-0.15, -0.1) is 0 Å². The third-order valence-corrected chi connectivity index (χ3v) is 3.09. The highest BCUT2D eigenvalue weighted by molar-refractivity contribution is 6.76. The van der Waals surface area contributed by atoms with Crippen molar-refractivity contribution in [3.05, 3.63) is 0 Å². The fraction of sp³-hybridized carbons (Fsp3) is 0.875. The second-order valence-corrected chi connectivity index (χ2v) is 9.70. The van der Waals surface area contributed by atoms with Crippen molar-refractivity contribution < 1.29 is 19.4 Å². The summed E-state index contributed by atoms with van der Waals surface area (Å²) >= 11 is 0. The van der Waals surface area contributed by atoms with E-state index < -0.39 is 14.0 Å². The Bertz CT molecular complexity index is 153. The van der Waals surface area contributed by atoms with Crippen molar-refractivity contribution >= 4 is 14.0 Å². The molecule has 0 saturated heterocycles. The summed E-state index contributed by atoms with van der Waals surface area (Å²) in [7, 11) is -1.04. The Morgan fingerprint density at radius 3 is 2.38 bits per heavy atom. The van der Waals surface area contributed by atoms with Crippen molar-refractivity contribution in [3.63, 3.8) is 0 Å². The van der Waals surface area contributed by atoms with Crippen LogP contribution in [0.4, 0.5) is 0 Å². The van der Waals surface area contributed by atoms with Gasteiger partial charge in [-0.3, -0.25) is 0 Å². The molecule has 0 aliphatic heterocycles.